The Hall–Kier alpha value is -0.650. The number of nitrogens with zero attached hydrogens (tertiary/aromatic N) is 2. The van der Waals surface area contributed by atoms with Crippen LogP contribution in [0.4, 0.5) is 5.13 Å². The Morgan fingerprint density at radius 1 is 1.56 bits per heavy atom. The van der Waals surface area contributed by atoms with Crippen LogP contribution in [0.5, 0.6) is 0 Å². The van der Waals surface area contributed by atoms with E-state index in [1.807, 2.05) is 25.2 Å². The Morgan fingerprint density at radius 2 is 2.31 bits per heavy atom. The van der Waals surface area contributed by atoms with Crippen molar-refractivity contribution in [3.8, 4) is 0 Å². The van der Waals surface area contributed by atoms with Gasteiger partial charge in [0.05, 0.1) is 0 Å². The van der Waals surface area contributed by atoms with E-state index in [1.165, 1.54) is 4.88 Å². The SMILES string of the molecule is COCCC(C)NCc1cnc(N(C)C)s1. The number of aromatic nitrogens is 1. The molecule has 0 bridgehead atoms. The summed E-state index contributed by atoms with van der Waals surface area (Å²) in [4.78, 5) is 7.64. The summed E-state index contributed by atoms with van der Waals surface area (Å²) in [6.07, 6.45) is 2.98. The average molecular weight is 243 g/mol. The van der Waals surface area contributed by atoms with E-state index in [-0.39, 0.29) is 0 Å². The third-order valence-corrected chi connectivity index (χ3v) is 3.47. The fourth-order valence-corrected chi connectivity index (χ4v) is 2.04. The van der Waals surface area contributed by atoms with E-state index in [2.05, 4.69) is 17.2 Å². The Kier molecular flexibility index (Phi) is 5.73. The fourth-order valence-electron chi connectivity index (χ4n) is 1.26. The predicted molar refractivity (Wildman–Crippen MR) is 69.2 cm³/mol. The summed E-state index contributed by atoms with van der Waals surface area (Å²) in [5.74, 6) is 0. The highest BCUT2D eigenvalue weighted by atomic mass is 32.1. The second-order valence-corrected chi connectivity index (χ2v) is 5.16. The van der Waals surface area contributed by atoms with Crippen molar-refractivity contribution in [3.05, 3.63) is 11.1 Å². The molecule has 16 heavy (non-hydrogen) atoms. The maximum absolute atomic E-state index is 5.04. The zero-order valence-electron chi connectivity index (χ0n) is 10.5. The summed E-state index contributed by atoms with van der Waals surface area (Å²) < 4.78 is 5.04. The minimum atomic E-state index is 0.477. The molecule has 1 heterocycles. The van der Waals surface area contributed by atoms with Crippen molar-refractivity contribution < 1.29 is 4.74 Å². The van der Waals surface area contributed by atoms with Gasteiger partial charge in [0.2, 0.25) is 0 Å². The van der Waals surface area contributed by atoms with Gasteiger partial charge in [0.25, 0.3) is 0 Å². The van der Waals surface area contributed by atoms with Gasteiger partial charge in [-0.1, -0.05) is 0 Å². The molecule has 1 N–H and O–H groups in total. The van der Waals surface area contributed by atoms with Gasteiger partial charge >= 0.3 is 0 Å². The maximum atomic E-state index is 5.04. The molecule has 92 valence electrons. The van der Waals surface area contributed by atoms with E-state index in [0.29, 0.717) is 6.04 Å². The third kappa shape index (κ3) is 4.47. The van der Waals surface area contributed by atoms with Crippen molar-refractivity contribution in [1.82, 2.24) is 10.3 Å². The van der Waals surface area contributed by atoms with Crippen LogP contribution in [0, 0.1) is 0 Å². The number of hydrogen-bond acceptors (Lipinski definition) is 5. The summed E-state index contributed by atoms with van der Waals surface area (Å²) >= 11 is 1.73. The topological polar surface area (TPSA) is 37.4 Å². The first-order valence-corrected chi connectivity index (χ1v) is 6.29. The quantitative estimate of drug-likeness (QED) is 0.791. The van der Waals surface area contributed by atoms with Crippen LogP contribution in [-0.2, 0) is 11.3 Å². The molecular formula is C11H21N3OS. The molecule has 0 saturated carbocycles. The van der Waals surface area contributed by atoms with Gasteiger partial charge in [-0.3, -0.25) is 0 Å². The molecule has 0 aliphatic rings. The van der Waals surface area contributed by atoms with Crippen LogP contribution >= 0.6 is 11.3 Å². The average Bonchev–Trinajstić information content (AvgIpc) is 2.72. The lowest BCUT2D eigenvalue weighted by atomic mass is 10.2. The van der Waals surface area contributed by atoms with Gasteiger partial charge < -0.3 is 15.0 Å². The molecule has 1 unspecified atom stereocenters. The third-order valence-electron chi connectivity index (χ3n) is 2.30. The smallest absolute Gasteiger partial charge is 0.185 e. The number of anilines is 1. The van der Waals surface area contributed by atoms with Crippen LogP contribution in [-0.4, -0.2) is 38.8 Å². The van der Waals surface area contributed by atoms with E-state index in [1.54, 1.807) is 18.4 Å². The molecule has 0 saturated heterocycles. The molecule has 1 aromatic rings. The van der Waals surface area contributed by atoms with E-state index in [4.69, 9.17) is 4.74 Å². The van der Waals surface area contributed by atoms with Crippen LogP contribution < -0.4 is 10.2 Å². The van der Waals surface area contributed by atoms with Gasteiger partial charge in [0.1, 0.15) is 0 Å². The predicted octanol–water partition coefficient (Wildman–Crippen LogP) is 1.72. The molecule has 4 nitrogen and oxygen atoms in total. The van der Waals surface area contributed by atoms with Crippen molar-refractivity contribution in [3.63, 3.8) is 0 Å². The van der Waals surface area contributed by atoms with Crippen molar-refractivity contribution in [2.45, 2.75) is 25.9 Å². The Labute approximate surface area is 102 Å². The fraction of sp³-hybridized carbons (Fsp3) is 0.727. The van der Waals surface area contributed by atoms with Gasteiger partial charge in [-0.15, -0.1) is 11.3 Å². The minimum Gasteiger partial charge on any atom is -0.385 e. The van der Waals surface area contributed by atoms with Crippen LogP contribution in [0.3, 0.4) is 0 Å². The number of thiazole rings is 1. The minimum absolute atomic E-state index is 0.477. The Morgan fingerprint density at radius 3 is 2.88 bits per heavy atom. The van der Waals surface area contributed by atoms with Crippen LogP contribution in [0.25, 0.3) is 0 Å². The number of hydrogen-bond donors (Lipinski definition) is 1. The van der Waals surface area contributed by atoms with Gasteiger partial charge in [-0.05, 0) is 13.3 Å². The van der Waals surface area contributed by atoms with E-state index >= 15 is 0 Å². The highest BCUT2D eigenvalue weighted by Crippen LogP contribution is 2.20. The van der Waals surface area contributed by atoms with E-state index in [0.717, 1.165) is 24.7 Å². The molecule has 0 radical (unpaired) electrons. The van der Waals surface area contributed by atoms with E-state index in [9.17, 15) is 0 Å². The monoisotopic (exact) mass is 243 g/mol. The highest BCUT2D eigenvalue weighted by Gasteiger charge is 2.05. The summed E-state index contributed by atoms with van der Waals surface area (Å²) in [6.45, 7) is 3.86. The molecule has 5 heteroatoms. The summed E-state index contributed by atoms with van der Waals surface area (Å²) in [5, 5.41) is 4.51. The van der Waals surface area contributed by atoms with Gasteiger partial charge in [-0.2, -0.15) is 0 Å². The molecule has 0 aliphatic heterocycles. The first-order valence-electron chi connectivity index (χ1n) is 5.48. The van der Waals surface area contributed by atoms with Crippen LogP contribution in [0.1, 0.15) is 18.2 Å². The lowest BCUT2D eigenvalue weighted by molar-refractivity contribution is 0.185. The van der Waals surface area contributed by atoms with Gasteiger partial charge in [0.15, 0.2) is 5.13 Å². The van der Waals surface area contributed by atoms with Gasteiger partial charge in [-0.25, -0.2) is 4.98 Å². The van der Waals surface area contributed by atoms with Gasteiger partial charge in [0, 0.05) is 51.5 Å². The summed E-state index contributed by atoms with van der Waals surface area (Å²) in [5.41, 5.74) is 0. The van der Waals surface area contributed by atoms with Crippen molar-refractivity contribution in [2.24, 2.45) is 0 Å². The molecule has 0 fully saturated rings. The molecular weight excluding hydrogens is 222 g/mol. The molecule has 1 rings (SSSR count). The number of nitrogens with one attached hydrogen (secondary N) is 1. The van der Waals surface area contributed by atoms with Crippen molar-refractivity contribution >= 4 is 16.5 Å². The molecule has 1 aromatic heterocycles. The zero-order chi connectivity index (χ0) is 12.0. The Bertz CT molecular complexity index is 301. The van der Waals surface area contributed by atoms with Crippen molar-refractivity contribution in [1.29, 1.82) is 0 Å². The van der Waals surface area contributed by atoms with Crippen molar-refractivity contribution in [2.75, 3.05) is 32.7 Å². The lowest BCUT2D eigenvalue weighted by Crippen LogP contribution is -2.26. The zero-order valence-corrected chi connectivity index (χ0v) is 11.3. The second kappa shape index (κ2) is 6.83. The normalized spacial score (nSPS) is 12.8. The van der Waals surface area contributed by atoms with Crippen LogP contribution in [0.2, 0.25) is 0 Å². The number of ether oxygens (including phenoxy) is 1. The molecule has 0 aromatic carbocycles. The first-order chi connectivity index (χ1) is 7.63. The Balaban J connectivity index is 2.31. The molecule has 1 atom stereocenters. The van der Waals surface area contributed by atoms with E-state index < -0.39 is 0 Å². The number of methoxy groups -OCH3 is 1. The molecule has 0 amide bonds. The first kappa shape index (κ1) is 13.4. The largest absolute Gasteiger partial charge is 0.385 e. The summed E-state index contributed by atoms with van der Waals surface area (Å²) in [6, 6.07) is 0.477. The molecule has 0 aliphatic carbocycles. The highest BCUT2D eigenvalue weighted by molar-refractivity contribution is 7.15. The summed E-state index contributed by atoms with van der Waals surface area (Å²) in [7, 11) is 5.76. The number of rotatable bonds is 7. The van der Waals surface area contributed by atoms with Crippen LogP contribution in [0.15, 0.2) is 6.20 Å². The standard InChI is InChI=1S/C11H21N3OS/c1-9(5-6-15-4)12-7-10-8-13-11(16-10)14(2)3/h8-9,12H,5-7H2,1-4H3. The molecule has 0 spiro atoms. The second-order valence-electron chi connectivity index (χ2n) is 4.07. The lowest BCUT2D eigenvalue weighted by Gasteiger charge is -2.11. The maximum Gasteiger partial charge on any atom is 0.185 e.